The van der Waals surface area contributed by atoms with Gasteiger partial charge in [0.15, 0.2) is 0 Å². The lowest BCUT2D eigenvalue weighted by molar-refractivity contribution is 0.104. The average molecular weight is 342 g/mol. The molecule has 2 aromatic rings. The molecular formula is C19H20ClN3O. The van der Waals surface area contributed by atoms with Crippen LogP contribution < -0.4 is 0 Å². The van der Waals surface area contributed by atoms with Crippen molar-refractivity contribution in [2.45, 2.75) is 34.2 Å². The highest BCUT2D eigenvalue weighted by molar-refractivity contribution is 6.31. The van der Waals surface area contributed by atoms with Gasteiger partial charge in [0.1, 0.15) is 16.8 Å². The topological polar surface area (TPSA) is 58.7 Å². The highest BCUT2D eigenvalue weighted by atomic mass is 35.5. The van der Waals surface area contributed by atoms with Crippen LogP contribution in [0.1, 0.15) is 41.0 Å². The second kappa shape index (κ2) is 7.46. The van der Waals surface area contributed by atoms with Crippen LogP contribution in [0.2, 0.25) is 5.15 Å². The van der Waals surface area contributed by atoms with Crippen LogP contribution in [0.5, 0.6) is 0 Å². The minimum absolute atomic E-state index is 0.0506. The fourth-order valence-corrected chi connectivity index (χ4v) is 2.73. The minimum atomic E-state index is -0.312. The van der Waals surface area contributed by atoms with Crippen LogP contribution in [-0.4, -0.2) is 15.6 Å². The van der Waals surface area contributed by atoms with E-state index in [1.165, 1.54) is 6.08 Å². The summed E-state index contributed by atoms with van der Waals surface area (Å²) >= 11 is 6.39. The zero-order valence-electron chi connectivity index (χ0n) is 14.3. The molecule has 0 bridgehead atoms. The van der Waals surface area contributed by atoms with E-state index in [1.807, 2.05) is 26.0 Å². The molecule has 0 atom stereocenters. The SMILES string of the molecule is Cc1cccc(C(=O)/C(C#N)=C/c2c(C)nn(CC(C)C)c2Cl)c1. The molecule has 1 aromatic carbocycles. The number of nitriles is 1. The summed E-state index contributed by atoms with van der Waals surface area (Å²) in [6.45, 7) is 8.56. The number of nitrogens with zero attached hydrogens (tertiary/aromatic N) is 3. The van der Waals surface area contributed by atoms with Crippen molar-refractivity contribution in [3.63, 3.8) is 0 Å². The smallest absolute Gasteiger partial charge is 0.203 e. The van der Waals surface area contributed by atoms with Gasteiger partial charge in [0.25, 0.3) is 0 Å². The Morgan fingerprint density at radius 2 is 2.12 bits per heavy atom. The number of rotatable bonds is 5. The molecule has 0 unspecified atom stereocenters. The number of Topliss-reactive ketones (excluding diaryl/α,β-unsaturated/α-hetero) is 1. The number of aryl methyl sites for hydroxylation is 2. The van der Waals surface area contributed by atoms with Crippen LogP contribution in [0, 0.1) is 31.1 Å². The van der Waals surface area contributed by atoms with Gasteiger partial charge in [0.05, 0.1) is 5.69 Å². The van der Waals surface area contributed by atoms with Crippen LogP contribution >= 0.6 is 11.6 Å². The molecule has 4 nitrogen and oxygen atoms in total. The van der Waals surface area contributed by atoms with E-state index in [2.05, 4.69) is 18.9 Å². The third-order valence-electron chi connectivity index (χ3n) is 3.58. The molecule has 0 saturated heterocycles. The van der Waals surface area contributed by atoms with Gasteiger partial charge in [-0.3, -0.25) is 9.48 Å². The maximum absolute atomic E-state index is 12.6. The maximum atomic E-state index is 12.6. The summed E-state index contributed by atoms with van der Waals surface area (Å²) in [7, 11) is 0. The van der Waals surface area contributed by atoms with Crippen molar-refractivity contribution in [3.8, 4) is 6.07 Å². The molecule has 0 aliphatic rings. The highest BCUT2D eigenvalue weighted by Crippen LogP contribution is 2.24. The lowest BCUT2D eigenvalue weighted by Gasteiger charge is -2.05. The predicted octanol–water partition coefficient (Wildman–Crippen LogP) is 4.60. The number of halogens is 1. The maximum Gasteiger partial charge on any atom is 0.203 e. The molecule has 2 rings (SSSR count). The fourth-order valence-electron chi connectivity index (χ4n) is 2.43. The minimum Gasteiger partial charge on any atom is -0.288 e. The van der Waals surface area contributed by atoms with Gasteiger partial charge in [-0.05, 0) is 31.9 Å². The summed E-state index contributed by atoms with van der Waals surface area (Å²) in [6.07, 6.45) is 1.53. The van der Waals surface area contributed by atoms with Crippen LogP contribution in [0.4, 0.5) is 0 Å². The molecule has 0 fully saturated rings. The van der Waals surface area contributed by atoms with E-state index in [4.69, 9.17) is 11.6 Å². The molecule has 0 saturated carbocycles. The number of allylic oxidation sites excluding steroid dienone is 1. The van der Waals surface area contributed by atoms with Crippen molar-refractivity contribution in [1.82, 2.24) is 9.78 Å². The van der Waals surface area contributed by atoms with Crippen molar-refractivity contribution in [3.05, 3.63) is 57.4 Å². The van der Waals surface area contributed by atoms with Gasteiger partial charge < -0.3 is 0 Å². The van der Waals surface area contributed by atoms with E-state index >= 15 is 0 Å². The van der Waals surface area contributed by atoms with Crippen molar-refractivity contribution in [2.75, 3.05) is 0 Å². The number of hydrogen-bond acceptors (Lipinski definition) is 3. The van der Waals surface area contributed by atoms with Gasteiger partial charge in [-0.15, -0.1) is 0 Å². The highest BCUT2D eigenvalue weighted by Gasteiger charge is 2.17. The van der Waals surface area contributed by atoms with Crippen LogP contribution in [-0.2, 0) is 6.54 Å². The Morgan fingerprint density at radius 3 is 2.71 bits per heavy atom. The lowest BCUT2D eigenvalue weighted by Crippen LogP contribution is -2.06. The Morgan fingerprint density at radius 1 is 1.42 bits per heavy atom. The van der Waals surface area contributed by atoms with Gasteiger partial charge in [-0.1, -0.05) is 49.2 Å². The summed E-state index contributed by atoms with van der Waals surface area (Å²) in [5, 5.41) is 14.3. The number of carbonyl (C=O) groups excluding carboxylic acids is 1. The largest absolute Gasteiger partial charge is 0.288 e. The Balaban J connectivity index is 2.43. The first kappa shape index (κ1) is 18.0. The molecule has 5 heteroatoms. The van der Waals surface area contributed by atoms with Gasteiger partial charge in [-0.2, -0.15) is 10.4 Å². The second-order valence-corrected chi connectivity index (χ2v) is 6.59. The molecular weight excluding hydrogens is 322 g/mol. The molecule has 0 amide bonds. The zero-order chi connectivity index (χ0) is 17.9. The predicted molar refractivity (Wildman–Crippen MR) is 95.9 cm³/mol. The van der Waals surface area contributed by atoms with Crippen molar-refractivity contribution < 1.29 is 4.79 Å². The van der Waals surface area contributed by atoms with E-state index in [0.29, 0.717) is 34.4 Å². The molecule has 1 aromatic heterocycles. The van der Waals surface area contributed by atoms with E-state index in [1.54, 1.807) is 22.9 Å². The van der Waals surface area contributed by atoms with Gasteiger partial charge >= 0.3 is 0 Å². The second-order valence-electron chi connectivity index (χ2n) is 6.23. The first-order chi connectivity index (χ1) is 11.3. The zero-order valence-corrected chi connectivity index (χ0v) is 15.1. The molecule has 0 radical (unpaired) electrons. The third-order valence-corrected chi connectivity index (χ3v) is 3.98. The molecule has 0 aliphatic carbocycles. The molecule has 0 aliphatic heterocycles. The molecule has 1 heterocycles. The van der Waals surface area contributed by atoms with Crippen molar-refractivity contribution >= 4 is 23.5 Å². The Hall–Kier alpha value is -2.38. The summed E-state index contributed by atoms with van der Waals surface area (Å²) in [5.41, 5.74) is 2.83. The first-order valence-electron chi connectivity index (χ1n) is 7.79. The summed E-state index contributed by atoms with van der Waals surface area (Å²) in [4.78, 5) is 12.6. The summed E-state index contributed by atoms with van der Waals surface area (Å²) in [5.74, 6) is 0.0799. The Labute approximate surface area is 147 Å². The van der Waals surface area contributed by atoms with Gasteiger partial charge in [-0.25, -0.2) is 0 Å². The summed E-state index contributed by atoms with van der Waals surface area (Å²) in [6, 6.07) is 9.17. The normalized spacial score (nSPS) is 11.6. The Kier molecular flexibility index (Phi) is 5.58. The third kappa shape index (κ3) is 3.93. The number of carbonyl (C=O) groups is 1. The first-order valence-corrected chi connectivity index (χ1v) is 8.17. The quantitative estimate of drug-likeness (QED) is 0.453. The van der Waals surface area contributed by atoms with Gasteiger partial charge in [0.2, 0.25) is 5.78 Å². The monoisotopic (exact) mass is 341 g/mol. The molecule has 24 heavy (non-hydrogen) atoms. The van der Waals surface area contributed by atoms with E-state index in [0.717, 1.165) is 5.56 Å². The molecule has 0 N–H and O–H groups in total. The summed E-state index contributed by atoms with van der Waals surface area (Å²) < 4.78 is 1.71. The average Bonchev–Trinajstić information content (AvgIpc) is 2.78. The lowest BCUT2D eigenvalue weighted by atomic mass is 10.0. The van der Waals surface area contributed by atoms with Crippen LogP contribution in [0.15, 0.2) is 29.8 Å². The van der Waals surface area contributed by atoms with Crippen LogP contribution in [0.25, 0.3) is 6.08 Å². The standard InChI is InChI=1S/C19H20ClN3O/c1-12(2)11-23-19(20)17(14(4)22-23)9-16(10-21)18(24)15-7-5-6-13(3)8-15/h5-9,12H,11H2,1-4H3/b16-9+. The molecule has 0 spiro atoms. The number of hydrogen-bond donors (Lipinski definition) is 0. The van der Waals surface area contributed by atoms with Crippen LogP contribution in [0.3, 0.4) is 0 Å². The Bertz CT molecular complexity index is 841. The number of ketones is 1. The van der Waals surface area contributed by atoms with Gasteiger partial charge in [0, 0.05) is 17.7 Å². The van der Waals surface area contributed by atoms with E-state index in [9.17, 15) is 10.1 Å². The van der Waals surface area contributed by atoms with E-state index < -0.39 is 0 Å². The number of benzene rings is 1. The molecule has 124 valence electrons. The number of aromatic nitrogens is 2. The van der Waals surface area contributed by atoms with E-state index in [-0.39, 0.29) is 11.4 Å². The van der Waals surface area contributed by atoms with Crippen molar-refractivity contribution in [1.29, 1.82) is 5.26 Å². The van der Waals surface area contributed by atoms with Crippen molar-refractivity contribution in [2.24, 2.45) is 5.92 Å². The fraction of sp³-hybridized carbons (Fsp3) is 0.316.